The lowest BCUT2D eigenvalue weighted by atomic mass is 10.2. The van der Waals surface area contributed by atoms with Crippen molar-refractivity contribution in [2.75, 3.05) is 5.75 Å². The Morgan fingerprint density at radius 3 is 2.42 bits per heavy atom. The molecule has 0 saturated heterocycles. The highest BCUT2D eigenvalue weighted by molar-refractivity contribution is 7.99. The van der Waals surface area contributed by atoms with Crippen LogP contribution in [-0.4, -0.2) is 5.75 Å². The maximum atomic E-state index is 5.49. The zero-order chi connectivity index (χ0) is 8.81. The van der Waals surface area contributed by atoms with Gasteiger partial charge in [0.25, 0.3) is 0 Å². The first-order chi connectivity index (χ1) is 5.86. The zero-order valence-corrected chi connectivity index (χ0v) is 8.23. The molecule has 1 aromatic carbocycles. The van der Waals surface area contributed by atoms with Crippen molar-refractivity contribution in [3.05, 3.63) is 29.8 Å². The van der Waals surface area contributed by atoms with Crippen molar-refractivity contribution in [2.24, 2.45) is 5.73 Å². The standard InChI is InChI=1S/C10H15NS/c1-2-7-12-10-5-3-9(8-11)4-6-10/h3-6H,2,7-8,11H2,1H3. The maximum Gasteiger partial charge on any atom is 0.0178 e. The largest absolute Gasteiger partial charge is 0.326 e. The van der Waals surface area contributed by atoms with Crippen LogP contribution in [0, 0.1) is 0 Å². The number of nitrogens with two attached hydrogens (primary N) is 1. The number of benzene rings is 1. The molecule has 0 aliphatic rings. The molecule has 1 rings (SSSR count). The van der Waals surface area contributed by atoms with E-state index < -0.39 is 0 Å². The molecule has 0 aliphatic heterocycles. The first-order valence-corrected chi connectivity index (χ1v) is 5.27. The van der Waals surface area contributed by atoms with E-state index in [1.807, 2.05) is 11.8 Å². The van der Waals surface area contributed by atoms with Gasteiger partial charge in [-0.1, -0.05) is 19.1 Å². The summed E-state index contributed by atoms with van der Waals surface area (Å²) in [7, 11) is 0. The SMILES string of the molecule is CCCSc1ccc(CN)cc1. The molecule has 0 aromatic heterocycles. The molecule has 2 heteroatoms. The minimum Gasteiger partial charge on any atom is -0.326 e. The number of thioether (sulfide) groups is 1. The van der Waals surface area contributed by atoms with Gasteiger partial charge in [-0.15, -0.1) is 11.8 Å². The zero-order valence-electron chi connectivity index (χ0n) is 7.42. The summed E-state index contributed by atoms with van der Waals surface area (Å²) in [6.45, 7) is 2.83. The van der Waals surface area contributed by atoms with Crippen molar-refractivity contribution in [3.63, 3.8) is 0 Å². The molecule has 1 nitrogen and oxygen atoms in total. The Balaban J connectivity index is 2.53. The van der Waals surface area contributed by atoms with E-state index in [9.17, 15) is 0 Å². The second kappa shape index (κ2) is 5.22. The van der Waals surface area contributed by atoms with Crippen molar-refractivity contribution in [1.82, 2.24) is 0 Å². The van der Waals surface area contributed by atoms with Crippen molar-refractivity contribution in [1.29, 1.82) is 0 Å². The Morgan fingerprint density at radius 2 is 1.92 bits per heavy atom. The van der Waals surface area contributed by atoms with Crippen LogP contribution in [0.25, 0.3) is 0 Å². The second-order valence-electron chi connectivity index (χ2n) is 2.70. The molecular formula is C10H15NS. The van der Waals surface area contributed by atoms with E-state index >= 15 is 0 Å². The minimum atomic E-state index is 0.638. The third kappa shape index (κ3) is 2.88. The van der Waals surface area contributed by atoms with E-state index in [0.29, 0.717) is 6.54 Å². The fourth-order valence-electron chi connectivity index (χ4n) is 0.942. The van der Waals surface area contributed by atoms with Gasteiger partial charge < -0.3 is 5.73 Å². The van der Waals surface area contributed by atoms with Gasteiger partial charge in [-0.25, -0.2) is 0 Å². The smallest absolute Gasteiger partial charge is 0.0178 e. The average molecular weight is 181 g/mol. The van der Waals surface area contributed by atoms with Crippen molar-refractivity contribution in [3.8, 4) is 0 Å². The molecule has 0 aliphatic carbocycles. The van der Waals surface area contributed by atoms with Crippen LogP contribution in [-0.2, 0) is 6.54 Å². The van der Waals surface area contributed by atoms with Crippen LogP contribution in [0.3, 0.4) is 0 Å². The molecule has 0 amide bonds. The average Bonchev–Trinajstić information content (AvgIpc) is 2.15. The quantitative estimate of drug-likeness (QED) is 0.723. The van der Waals surface area contributed by atoms with E-state index in [1.54, 1.807) is 0 Å². The summed E-state index contributed by atoms with van der Waals surface area (Å²) >= 11 is 1.90. The molecule has 2 N–H and O–H groups in total. The monoisotopic (exact) mass is 181 g/mol. The molecule has 0 saturated carbocycles. The van der Waals surface area contributed by atoms with E-state index in [0.717, 1.165) is 0 Å². The Morgan fingerprint density at radius 1 is 1.25 bits per heavy atom. The number of hydrogen-bond acceptors (Lipinski definition) is 2. The summed E-state index contributed by atoms with van der Waals surface area (Å²) in [4.78, 5) is 1.34. The first kappa shape index (κ1) is 9.62. The lowest BCUT2D eigenvalue weighted by Crippen LogP contribution is -1.94. The predicted octanol–water partition coefficient (Wildman–Crippen LogP) is 2.65. The van der Waals surface area contributed by atoms with Crippen LogP contribution in [0.1, 0.15) is 18.9 Å². The topological polar surface area (TPSA) is 26.0 Å². The predicted molar refractivity (Wildman–Crippen MR) is 55.3 cm³/mol. The molecule has 1 aromatic rings. The molecular weight excluding hydrogens is 166 g/mol. The second-order valence-corrected chi connectivity index (χ2v) is 3.86. The number of hydrogen-bond donors (Lipinski definition) is 1. The van der Waals surface area contributed by atoms with Gasteiger partial charge in [0.15, 0.2) is 0 Å². The van der Waals surface area contributed by atoms with Gasteiger partial charge in [-0.3, -0.25) is 0 Å². The van der Waals surface area contributed by atoms with E-state index in [4.69, 9.17) is 5.73 Å². The molecule has 0 spiro atoms. The summed E-state index contributed by atoms with van der Waals surface area (Å²) in [5, 5.41) is 0. The third-order valence-corrected chi connectivity index (χ3v) is 2.85. The fourth-order valence-corrected chi connectivity index (χ4v) is 1.71. The molecule has 0 unspecified atom stereocenters. The van der Waals surface area contributed by atoms with E-state index in [-0.39, 0.29) is 0 Å². The summed E-state index contributed by atoms with van der Waals surface area (Å²) in [6, 6.07) is 8.47. The van der Waals surface area contributed by atoms with Crippen LogP contribution < -0.4 is 5.73 Å². The third-order valence-electron chi connectivity index (χ3n) is 1.63. The van der Waals surface area contributed by atoms with Gasteiger partial charge in [0.2, 0.25) is 0 Å². The Labute approximate surface area is 78.4 Å². The van der Waals surface area contributed by atoms with Crippen LogP contribution in [0.2, 0.25) is 0 Å². The molecule has 0 radical (unpaired) electrons. The highest BCUT2D eigenvalue weighted by Gasteiger charge is 1.92. The van der Waals surface area contributed by atoms with Gasteiger partial charge in [-0.2, -0.15) is 0 Å². The van der Waals surface area contributed by atoms with Gasteiger partial charge >= 0.3 is 0 Å². The summed E-state index contributed by atoms with van der Waals surface area (Å²) < 4.78 is 0. The lowest BCUT2D eigenvalue weighted by Gasteiger charge is -2.00. The molecule has 0 fully saturated rings. The molecule has 0 atom stereocenters. The van der Waals surface area contributed by atoms with Crippen LogP contribution in [0.15, 0.2) is 29.2 Å². The summed E-state index contributed by atoms with van der Waals surface area (Å²) in [5.74, 6) is 1.20. The highest BCUT2D eigenvalue weighted by Crippen LogP contribution is 2.18. The van der Waals surface area contributed by atoms with Gasteiger partial charge in [0, 0.05) is 11.4 Å². The van der Waals surface area contributed by atoms with Gasteiger partial charge in [0.05, 0.1) is 0 Å². The maximum absolute atomic E-state index is 5.49. The molecule has 0 heterocycles. The molecule has 0 bridgehead atoms. The van der Waals surface area contributed by atoms with E-state index in [2.05, 4.69) is 31.2 Å². The van der Waals surface area contributed by atoms with Gasteiger partial charge in [-0.05, 0) is 29.9 Å². The first-order valence-electron chi connectivity index (χ1n) is 4.28. The van der Waals surface area contributed by atoms with Gasteiger partial charge in [0.1, 0.15) is 0 Å². The van der Waals surface area contributed by atoms with Crippen molar-refractivity contribution >= 4 is 11.8 Å². The summed E-state index contributed by atoms with van der Waals surface area (Å²) in [5.41, 5.74) is 6.70. The normalized spacial score (nSPS) is 10.2. The lowest BCUT2D eigenvalue weighted by molar-refractivity contribution is 1.06. The highest BCUT2D eigenvalue weighted by atomic mass is 32.2. The summed E-state index contributed by atoms with van der Waals surface area (Å²) in [6.07, 6.45) is 1.23. The van der Waals surface area contributed by atoms with Crippen LogP contribution in [0.4, 0.5) is 0 Å². The fraction of sp³-hybridized carbons (Fsp3) is 0.400. The molecule has 66 valence electrons. The Bertz CT molecular complexity index is 218. The Kier molecular flexibility index (Phi) is 4.19. The minimum absolute atomic E-state index is 0.638. The molecule has 12 heavy (non-hydrogen) atoms. The van der Waals surface area contributed by atoms with Crippen molar-refractivity contribution in [2.45, 2.75) is 24.8 Å². The van der Waals surface area contributed by atoms with E-state index in [1.165, 1.54) is 22.6 Å². The number of rotatable bonds is 4. The van der Waals surface area contributed by atoms with Crippen LogP contribution in [0.5, 0.6) is 0 Å². The van der Waals surface area contributed by atoms with Crippen molar-refractivity contribution < 1.29 is 0 Å². The van der Waals surface area contributed by atoms with Crippen LogP contribution >= 0.6 is 11.8 Å². The Hall–Kier alpha value is -0.470.